The molecule has 1 fully saturated rings. The maximum absolute atomic E-state index is 13.4. The largest absolute Gasteiger partial charge is 0.341 e. The molecule has 0 saturated carbocycles. The van der Waals surface area contributed by atoms with Crippen molar-refractivity contribution in [2.24, 2.45) is 5.92 Å². The molecule has 7 nitrogen and oxygen atoms in total. The Bertz CT molecular complexity index is 1150. The van der Waals surface area contributed by atoms with E-state index in [-0.39, 0.29) is 29.0 Å². The first-order valence-electron chi connectivity index (χ1n) is 11.3. The highest BCUT2D eigenvalue weighted by Crippen LogP contribution is 2.23. The molecule has 0 aliphatic carbocycles. The fourth-order valence-electron chi connectivity index (χ4n) is 4.29. The van der Waals surface area contributed by atoms with Crippen LogP contribution in [0.4, 0.5) is 0 Å². The van der Waals surface area contributed by atoms with Crippen molar-refractivity contribution in [1.82, 2.24) is 20.0 Å². The van der Waals surface area contributed by atoms with Gasteiger partial charge in [0.05, 0.1) is 5.92 Å². The lowest BCUT2D eigenvalue weighted by atomic mass is 9.94. The van der Waals surface area contributed by atoms with Crippen LogP contribution < -0.4 is 5.56 Å². The van der Waals surface area contributed by atoms with Crippen LogP contribution in [-0.4, -0.2) is 58.0 Å². The monoisotopic (exact) mass is 444 g/mol. The Morgan fingerprint density at radius 2 is 1.79 bits per heavy atom. The summed E-state index contributed by atoms with van der Waals surface area (Å²) in [6.45, 7) is 3.95. The van der Waals surface area contributed by atoms with Crippen LogP contribution in [0, 0.1) is 5.92 Å². The molecule has 1 N–H and O–H groups in total. The van der Waals surface area contributed by atoms with Crippen molar-refractivity contribution in [2.75, 3.05) is 26.2 Å². The molecule has 0 spiro atoms. The van der Waals surface area contributed by atoms with Crippen molar-refractivity contribution in [3.05, 3.63) is 88.3 Å². The van der Waals surface area contributed by atoms with Gasteiger partial charge < -0.3 is 9.80 Å². The summed E-state index contributed by atoms with van der Waals surface area (Å²) in [5.74, 6) is -0.552. The van der Waals surface area contributed by atoms with Crippen molar-refractivity contribution in [2.45, 2.75) is 19.8 Å². The van der Waals surface area contributed by atoms with Crippen LogP contribution in [0.1, 0.15) is 29.4 Å². The Hall–Kier alpha value is -3.74. The number of hydrogen-bond donors (Lipinski definition) is 1. The minimum Gasteiger partial charge on any atom is -0.341 e. The average molecular weight is 445 g/mol. The van der Waals surface area contributed by atoms with Crippen molar-refractivity contribution in [3.8, 4) is 11.1 Å². The highest BCUT2D eigenvalue weighted by molar-refractivity contribution is 5.93. The van der Waals surface area contributed by atoms with E-state index in [1.54, 1.807) is 4.90 Å². The van der Waals surface area contributed by atoms with E-state index < -0.39 is 0 Å². The molecular formula is C26H28N4O3. The van der Waals surface area contributed by atoms with E-state index in [9.17, 15) is 14.4 Å². The molecule has 0 radical (unpaired) electrons. The van der Waals surface area contributed by atoms with E-state index in [4.69, 9.17) is 0 Å². The van der Waals surface area contributed by atoms with Gasteiger partial charge in [-0.05, 0) is 35.6 Å². The van der Waals surface area contributed by atoms with Gasteiger partial charge >= 0.3 is 0 Å². The number of hydrogen-bond acceptors (Lipinski definition) is 4. The van der Waals surface area contributed by atoms with E-state index >= 15 is 0 Å². The SMILES string of the molecule is CCCN1CCN(C(=O)c2ccc(=O)[nH]n2)C[C@@H](Cc2cccc(-c3ccccc3)c2)C1=O. The molecule has 0 bridgehead atoms. The topological polar surface area (TPSA) is 86.4 Å². The van der Waals surface area contributed by atoms with Gasteiger partial charge in [-0.1, -0.05) is 61.5 Å². The predicted molar refractivity (Wildman–Crippen MR) is 127 cm³/mol. The third-order valence-corrected chi connectivity index (χ3v) is 5.94. The standard InChI is InChI=1S/C26H28N4O3/c1-2-13-29-14-15-30(26(33)23-11-12-24(31)28-27-23)18-22(25(29)32)17-19-7-6-10-21(16-19)20-8-4-3-5-9-20/h3-12,16,22H,2,13-15,17-18H2,1H3,(H,28,31)/t22-/m1/s1. The Kier molecular flexibility index (Phi) is 6.98. The highest BCUT2D eigenvalue weighted by Gasteiger charge is 2.32. The third-order valence-electron chi connectivity index (χ3n) is 5.94. The fourth-order valence-corrected chi connectivity index (χ4v) is 4.29. The molecule has 2 heterocycles. The second kappa shape index (κ2) is 10.3. The Morgan fingerprint density at radius 3 is 2.52 bits per heavy atom. The number of rotatable bonds is 6. The first-order chi connectivity index (χ1) is 16.0. The summed E-state index contributed by atoms with van der Waals surface area (Å²) in [6, 6.07) is 21.1. The summed E-state index contributed by atoms with van der Waals surface area (Å²) in [4.78, 5) is 41.3. The summed E-state index contributed by atoms with van der Waals surface area (Å²) in [5, 5.41) is 6.20. The smallest absolute Gasteiger partial charge is 0.274 e. The maximum Gasteiger partial charge on any atom is 0.274 e. The van der Waals surface area contributed by atoms with Gasteiger partial charge in [-0.15, -0.1) is 0 Å². The van der Waals surface area contributed by atoms with Gasteiger partial charge in [-0.3, -0.25) is 14.4 Å². The lowest BCUT2D eigenvalue weighted by Crippen LogP contribution is -2.38. The molecule has 2 aromatic carbocycles. The van der Waals surface area contributed by atoms with E-state index in [0.29, 0.717) is 32.6 Å². The molecule has 1 atom stereocenters. The molecule has 2 amide bonds. The number of carbonyl (C=O) groups excluding carboxylic acids is 2. The highest BCUT2D eigenvalue weighted by atomic mass is 16.2. The van der Waals surface area contributed by atoms with Crippen molar-refractivity contribution in [3.63, 3.8) is 0 Å². The normalized spacial score (nSPS) is 16.5. The number of amides is 2. The number of H-pyrrole nitrogens is 1. The molecule has 1 aliphatic rings. The second-order valence-corrected chi connectivity index (χ2v) is 8.35. The molecular weight excluding hydrogens is 416 g/mol. The van der Waals surface area contributed by atoms with Crippen molar-refractivity contribution < 1.29 is 9.59 Å². The minimum atomic E-state index is -0.358. The third kappa shape index (κ3) is 5.37. The molecule has 7 heteroatoms. The Labute approximate surface area is 193 Å². The van der Waals surface area contributed by atoms with Crippen LogP contribution in [-0.2, 0) is 11.2 Å². The minimum absolute atomic E-state index is 0.0756. The van der Waals surface area contributed by atoms with Crippen LogP contribution in [0.2, 0.25) is 0 Å². The average Bonchev–Trinajstić information content (AvgIpc) is 2.99. The quantitative estimate of drug-likeness (QED) is 0.633. The zero-order chi connectivity index (χ0) is 23.2. The van der Waals surface area contributed by atoms with Gasteiger partial charge in [0.2, 0.25) is 5.91 Å². The summed E-state index contributed by atoms with van der Waals surface area (Å²) in [7, 11) is 0. The van der Waals surface area contributed by atoms with Crippen molar-refractivity contribution in [1.29, 1.82) is 0 Å². The zero-order valence-corrected chi connectivity index (χ0v) is 18.7. The fraction of sp³-hybridized carbons (Fsp3) is 0.308. The number of aromatic nitrogens is 2. The molecule has 0 unspecified atom stereocenters. The molecule has 1 aromatic heterocycles. The van der Waals surface area contributed by atoms with Crippen LogP contribution >= 0.6 is 0 Å². The lowest BCUT2D eigenvalue weighted by Gasteiger charge is -2.24. The van der Waals surface area contributed by atoms with E-state index in [0.717, 1.165) is 23.1 Å². The van der Waals surface area contributed by atoms with Crippen LogP contribution in [0.15, 0.2) is 71.5 Å². The molecule has 33 heavy (non-hydrogen) atoms. The van der Waals surface area contributed by atoms with Gasteiger partial charge in [-0.25, -0.2) is 5.10 Å². The van der Waals surface area contributed by atoms with Crippen LogP contribution in [0.25, 0.3) is 11.1 Å². The molecule has 4 rings (SSSR count). The van der Waals surface area contributed by atoms with Gasteiger partial charge in [0.1, 0.15) is 5.69 Å². The summed E-state index contributed by atoms with van der Waals surface area (Å²) >= 11 is 0. The van der Waals surface area contributed by atoms with E-state index in [2.05, 4.69) is 34.5 Å². The number of nitrogens with zero attached hydrogens (tertiary/aromatic N) is 3. The van der Waals surface area contributed by atoms with E-state index in [1.165, 1.54) is 12.1 Å². The van der Waals surface area contributed by atoms with Crippen LogP contribution in [0.3, 0.4) is 0 Å². The number of aromatic amines is 1. The van der Waals surface area contributed by atoms with E-state index in [1.807, 2.05) is 42.2 Å². The number of benzene rings is 2. The lowest BCUT2D eigenvalue weighted by molar-refractivity contribution is -0.134. The van der Waals surface area contributed by atoms with Gasteiger partial charge in [0.15, 0.2) is 0 Å². The number of carbonyl (C=O) groups is 2. The van der Waals surface area contributed by atoms with Gasteiger partial charge in [0.25, 0.3) is 11.5 Å². The van der Waals surface area contributed by atoms with Gasteiger partial charge in [0, 0.05) is 32.2 Å². The first kappa shape index (κ1) is 22.5. The first-order valence-corrected chi connectivity index (χ1v) is 11.3. The molecule has 1 saturated heterocycles. The summed E-state index contributed by atoms with van der Waals surface area (Å²) < 4.78 is 0. The van der Waals surface area contributed by atoms with Crippen molar-refractivity contribution >= 4 is 11.8 Å². The summed E-state index contributed by atoms with van der Waals surface area (Å²) in [6.07, 6.45) is 1.40. The van der Waals surface area contributed by atoms with Gasteiger partial charge in [-0.2, -0.15) is 5.10 Å². The molecule has 1 aliphatic heterocycles. The maximum atomic E-state index is 13.4. The molecule has 3 aromatic rings. The van der Waals surface area contributed by atoms with Crippen LogP contribution in [0.5, 0.6) is 0 Å². The Morgan fingerprint density at radius 1 is 1.00 bits per heavy atom. The summed E-state index contributed by atoms with van der Waals surface area (Å²) in [5.41, 5.74) is 3.10. The zero-order valence-electron chi connectivity index (χ0n) is 18.7. The predicted octanol–water partition coefficient (Wildman–Crippen LogP) is 2.99. The number of nitrogens with one attached hydrogen (secondary N) is 1. The Balaban J connectivity index is 1.58. The molecule has 170 valence electrons. The second-order valence-electron chi connectivity index (χ2n) is 8.35.